The Bertz CT molecular complexity index is 1550. The second-order valence-corrected chi connectivity index (χ2v) is 10.2. The molecule has 1 saturated heterocycles. The van der Waals surface area contributed by atoms with Crippen LogP contribution in [0, 0.1) is 5.21 Å². The molecule has 4 N–H and O–H groups in total. The van der Waals surface area contributed by atoms with E-state index < -0.39 is 35.9 Å². The number of carbonyl (C=O) groups is 3. The van der Waals surface area contributed by atoms with Gasteiger partial charge in [-0.25, -0.2) is 0 Å². The van der Waals surface area contributed by atoms with Crippen LogP contribution in [-0.4, -0.2) is 29.9 Å². The summed E-state index contributed by atoms with van der Waals surface area (Å²) < 4.78 is 6.62. The maximum atomic E-state index is 13.5. The van der Waals surface area contributed by atoms with Gasteiger partial charge in [-0.3, -0.25) is 14.4 Å². The number of pyridine rings is 1. The smallest absolute Gasteiger partial charge is 0.318 e. The van der Waals surface area contributed by atoms with Crippen LogP contribution in [-0.2, 0) is 26.5 Å². The van der Waals surface area contributed by atoms with Gasteiger partial charge in [0.05, 0.1) is 6.42 Å². The quantitative estimate of drug-likeness (QED) is 0.107. The fourth-order valence-corrected chi connectivity index (χ4v) is 5.14. The van der Waals surface area contributed by atoms with Crippen molar-refractivity contribution in [3.05, 3.63) is 119 Å². The third kappa shape index (κ3) is 6.36. The summed E-state index contributed by atoms with van der Waals surface area (Å²) in [5.74, 6) is -2.21. The fourth-order valence-electron chi connectivity index (χ4n) is 5.14. The first-order valence-corrected chi connectivity index (χ1v) is 13.7. The number of para-hydroxylation sites is 1. The summed E-state index contributed by atoms with van der Waals surface area (Å²) in [7, 11) is 0. The van der Waals surface area contributed by atoms with Crippen LogP contribution in [0.1, 0.15) is 47.3 Å². The number of amides is 3. The van der Waals surface area contributed by atoms with E-state index in [9.17, 15) is 19.6 Å². The molecule has 4 aromatic rings. The van der Waals surface area contributed by atoms with Crippen LogP contribution in [0.5, 0.6) is 0 Å². The molecule has 41 heavy (non-hydrogen) atoms. The molecule has 0 bridgehead atoms. The maximum absolute atomic E-state index is 13.5. The number of fused-ring (bicyclic) bond motifs is 1. The summed E-state index contributed by atoms with van der Waals surface area (Å²) in [6, 6.07) is 28.1. The number of rotatable bonds is 12. The first-order chi connectivity index (χ1) is 19.9. The van der Waals surface area contributed by atoms with E-state index in [1.807, 2.05) is 48.5 Å². The Kier molecular flexibility index (Phi) is 8.26. The number of aromatic nitrogens is 1. The number of carbonyl (C=O) groups excluding carboxylic acids is 3. The van der Waals surface area contributed by atoms with E-state index in [0.717, 1.165) is 24.8 Å². The number of epoxide rings is 1. The van der Waals surface area contributed by atoms with Gasteiger partial charge in [0.2, 0.25) is 17.3 Å². The molecule has 1 aliphatic rings. The first kappa shape index (κ1) is 27.8. The van der Waals surface area contributed by atoms with Crippen LogP contribution < -0.4 is 21.1 Å². The highest BCUT2D eigenvalue weighted by Gasteiger charge is 2.59. The average molecular weight is 553 g/mol. The number of benzene rings is 3. The van der Waals surface area contributed by atoms with Crippen LogP contribution >= 0.6 is 0 Å². The molecule has 9 heteroatoms. The first-order valence-electron chi connectivity index (χ1n) is 13.7. The summed E-state index contributed by atoms with van der Waals surface area (Å²) in [5, 5.41) is 19.0. The monoisotopic (exact) mass is 552 g/mol. The molecule has 2 unspecified atom stereocenters. The molecular formula is C32H32N4O5. The number of unbranched alkanes of at least 4 members (excludes halogenated alkanes) is 1. The van der Waals surface area contributed by atoms with Gasteiger partial charge in [-0.2, -0.15) is 4.73 Å². The summed E-state index contributed by atoms with van der Waals surface area (Å²) >= 11 is 0. The Labute approximate surface area is 237 Å². The zero-order valence-corrected chi connectivity index (χ0v) is 22.5. The fraction of sp³-hybridized carbons (Fsp3) is 0.250. The normalized spacial score (nSPS) is 18.4. The molecule has 1 aliphatic heterocycles. The van der Waals surface area contributed by atoms with Gasteiger partial charge in [-0.15, -0.1) is 0 Å². The highest BCUT2D eigenvalue weighted by Crippen LogP contribution is 2.46. The Morgan fingerprint density at radius 3 is 2.32 bits per heavy atom. The average Bonchev–Trinajstić information content (AvgIpc) is 3.69. The molecule has 210 valence electrons. The van der Waals surface area contributed by atoms with Crippen molar-refractivity contribution in [2.75, 3.05) is 0 Å². The highest BCUT2D eigenvalue weighted by molar-refractivity contribution is 5.97. The molecule has 2 heterocycles. The Morgan fingerprint density at radius 1 is 0.902 bits per heavy atom. The Balaban J connectivity index is 1.29. The van der Waals surface area contributed by atoms with E-state index in [4.69, 9.17) is 10.5 Å². The number of ether oxygens (including phenoxy) is 1. The minimum Gasteiger partial charge on any atom is -0.618 e. The number of aryl methyl sites for hydroxylation is 1. The van der Waals surface area contributed by atoms with Crippen molar-refractivity contribution in [3.8, 4) is 0 Å². The SMILES string of the molecule is NC(=O)C[C@H](NC(=O)c1ccc2ccccc2[n+]1[O-])C(=O)NC1(c2ccccc2)OC1CCCCc1ccccc1. The lowest BCUT2D eigenvalue weighted by atomic mass is 9.98. The van der Waals surface area contributed by atoms with E-state index in [2.05, 4.69) is 22.8 Å². The van der Waals surface area contributed by atoms with Crippen molar-refractivity contribution >= 4 is 28.6 Å². The van der Waals surface area contributed by atoms with Gasteiger partial charge in [0.15, 0.2) is 5.72 Å². The molecule has 9 nitrogen and oxygen atoms in total. The number of hydrogen-bond donors (Lipinski definition) is 3. The highest BCUT2D eigenvalue weighted by atomic mass is 16.6. The maximum Gasteiger partial charge on any atom is 0.318 e. The molecule has 0 aliphatic carbocycles. The van der Waals surface area contributed by atoms with E-state index in [0.29, 0.717) is 22.1 Å². The zero-order valence-electron chi connectivity index (χ0n) is 22.5. The summed E-state index contributed by atoms with van der Waals surface area (Å²) in [4.78, 5) is 38.5. The van der Waals surface area contributed by atoms with Crippen LogP contribution in [0.4, 0.5) is 0 Å². The number of nitrogens with two attached hydrogens (primary N) is 1. The van der Waals surface area contributed by atoms with Gasteiger partial charge >= 0.3 is 5.91 Å². The van der Waals surface area contributed by atoms with Crippen LogP contribution in [0.15, 0.2) is 97.1 Å². The molecular weight excluding hydrogens is 520 g/mol. The summed E-state index contributed by atoms with van der Waals surface area (Å²) in [6.45, 7) is 0. The van der Waals surface area contributed by atoms with Crippen molar-refractivity contribution < 1.29 is 23.9 Å². The minimum atomic E-state index is -1.31. The van der Waals surface area contributed by atoms with Gasteiger partial charge in [0.25, 0.3) is 5.69 Å². The van der Waals surface area contributed by atoms with E-state index in [1.54, 1.807) is 30.3 Å². The molecule has 1 fully saturated rings. The molecule has 3 amide bonds. The van der Waals surface area contributed by atoms with Crippen LogP contribution in [0.3, 0.4) is 0 Å². The largest absolute Gasteiger partial charge is 0.618 e. The zero-order chi connectivity index (χ0) is 28.8. The number of nitrogens with one attached hydrogen (secondary N) is 2. The van der Waals surface area contributed by atoms with Crippen molar-refractivity contribution in [3.63, 3.8) is 0 Å². The molecule has 3 aromatic carbocycles. The summed E-state index contributed by atoms with van der Waals surface area (Å²) in [5.41, 5.74) is 6.47. The second kappa shape index (κ2) is 12.2. The standard InChI is InChI=1S/C32H32N4O5/c33-29(37)21-25(34-31(39)27-20-19-23-14-8-9-17-26(23)36(27)40)30(38)35-32(24-15-5-2-6-16-24)28(41-32)18-10-7-13-22-11-3-1-4-12-22/h1-6,8-9,11-12,14-17,19-20,25,28H,7,10,13,18,21H2,(H2,33,37)(H,34,39)(H,35,38)/t25-,28?,32?/m0/s1. The Hall–Kier alpha value is -4.76. The third-order valence-electron chi connectivity index (χ3n) is 7.32. The minimum absolute atomic E-state index is 0.206. The topological polar surface area (TPSA) is 141 Å². The number of nitrogens with zero attached hydrogens (tertiary/aromatic N) is 1. The van der Waals surface area contributed by atoms with Gasteiger partial charge in [-0.05, 0) is 37.0 Å². The predicted molar refractivity (Wildman–Crippen MR) is 153 cm³/mol. The predicted octanol–water partition coefficient (Wildman–Crippen LogP) is 3.23. The van der Waals surface area contributed by atoms with Crippen molar-refractivity contribution in [1.82, 2.24) is 10.6 Å². The molecule has 1 aromatic heterocycles. The van der Waals surface area contributed by atoms with Crippen LogP contribution in [0.2, 0.25) is 0 Å². The van der Waals surface area contributed by atoms with Gasteiger partial charge in [0.1, 0.15) is 12.1 Å². The summed E-state index contributed by atoms with van der Waals surface area (Å²) in [6.07, 6.45) is 2.78. The molecule has 5 rings (SSSR count). The molecule has 3 atom stereocenters. The lowest BCUT2D eigenvalue weighted by molar-refractivity contribution is -0.579. The van der Waals surface area contributed by atoms with Crippen molar-refractivity contribution in [1.29, 1.82) is 0 Å². The number of hydrogen-bond acceptors (Lipinski definition) is 5. The lowest BCUT2D eigenvalue weighted by Gasteiger charge is -2.21. The van der Waals surface area contributed by atoms with Crippen molar-refractivity contribution in [2.24, 2.45) is 5.73 Å². The van der Waals surface area contributed by atoms with E-state index >= 15 is 0 Å². The van der Waals surface area contributed by atoms with E-state index in [-0.39, 0.29) is 11.8 Å². The van der Waals surface area contributed by atoms with Crippen molar-refractivity contribution in [2.45, 2.75) is 50.0 Å². The van der Waals surface area contributed by atoms with Gasteiger partial charge in [0, 0.05) is 23.1 Å². The lowest BCUT2D eigenvalue weighted by Crippen LogP contribution is -2.53. The third-order valence-corrected chi connectivity index (χ3v) is 7.32. The van der Waals surface area contributed by atoms with Gasteiger partial charge < -0.3 is 26.3 Å². The van der Waals surface area contributed by atoms with Gasteiger partial charge in [-0.1, -0.05) is 79.2 Å². The van der Waals surface area contributed by atoms with Crippen LogP contribution in [0.25, 0.3) is 10.9 Å². The molecule has 0 radical (unpaired) electrons. The molecule has 0 spiro atoms. The molecule has 0 saturated carbocycles. The Morgan fingerprint density at radius 2 is 1.59 bits per heavy atom. The number of primary amides is 1. The second-order valence-electron chi connectivity index (χ2n) is 10.2. The van der Waals surface area contributed by atoms with E-state index in [1.165, 1.54) is 11.6 Å².